The Morgan fingerprint density at radius 1 is 0.981 bits per heavy atom. The smallest absolute Gasteiger partial charge is 0.408 e. The third-order valence-electron chi connectivity index (χ3n) is 14.2. The van der Waals surface area contributed by atoms with E-state index in [9.17, 15) is 9.59 Å². The van der Waals surface area contributed by atoms with E-state index in [2.05, 4.69) is 119 Å². The van der Waals surface area contributed by atoms with E-state index in [1.165, 1.54) is 24.8 Å². The minimum atomic E-state index is -2.02. The number of hydrogen-bond acceptors (Lipinski definition) is 5. The van der Waals surface area contributed by atoms with E-state index in [0.717, 1.165) is 44.1 Å². The van der Waals surface area contributed by atoms with Crippen molar-refractivity contribution in [3.05, 3.63) is 47.6 Å². The van der Waals surface area contributed by atoms with Crippen LogP contribution in [0.25, 0.3) is 0 Å². The second-order valence-corrected chi connectivity index (χ2v) is 29.6. The molecule has 0 radical (unpaired) electrons. The summed E-state index contributed by atoms with van der Waals surface area (Å²) in [6.45, 7) is 35.4. The number of carbonyl (C=O) groups is 2. The van der Waals surface area contributed by atoms with Crippen LogP contribution in [-0.2, 0) is 18.4 Å². The summed E-state index contributed by atoms with van der Waals surface area (Å²) in [6, 6.07) is 0. The molecule has 4 aliphatic carbocycles. The molecular weight excluding hydrogens is 679 g/mol. The topological polar surface area (TPSA) is 73.9 Å². The number of amides is 1. The average Bonchev–Trinajstić information content (AvgIpc) is 3.71. The molecule has 1 N–H and O–H groups in total. The van der Waals surface area contributed by atoms with Crippen LogP contribution in [0.5, 0.6) is 0 Å². The monoisotopic (exact) mass is 754 g/mol. The van der Waals surface area contributed by atoms with E-state index in [0.29, 0.717) is 31.2 Å². The lowest BCUT2D eigenvalue weighted by Crippen LogP contribution is -2.49. The van der Waals surface area contributed by atoms with Crippen molar-refractivity contribution in [2.75, 3.05) is 6.54 Å². The molecule has 1 amide bonds. The predicted molar refractivity (Wildman–Crippen MR) is 222 cm³/mol. The highest BCUT2D eigenvalue weighted by Crippen LogP contribution is 2.59. The summed E-state index contributed by atoms with van der Waals surface area (Å²) in [5, 5.41) is 3.05. The lowest BCUT2D eigenvalue weighted by molar-refractivity contribution is -0.124. The van der Waals surface area contributed by atoms with Gasteiger partial charge >= 0.3 is 6.09 Å². The number of carbonyl (C=O) groups excluding carboxylic acids is 2. The number of ether oxygens (including phenoxy) is 1. The van der Waals surface area contributed by atoms with E-state index >= 15 is 0 Å². The first kappa shape index (κ1) is 43.0. The zero-order chi connectivity index (χ0) is 38.9. The molecule has 0 aromatic heterocycles. The molecule has 8 heteroatoms. The van der Waals surface area contributed by atoms with Crippen molar-refractivity contribution in [3.63, 3.8) is 0 Å². The summed E-state index contributed by atoms with van der Waals surface area (Å²) in [7, 11) is -4.00. The van der Waals surface area contributed by atoms with Gasteiger partial charge in [-0.3, -0.25) is 4.79 Å². The van der Waals surface area contributed by atoms with Gasteiger partial charge in [0, 0.05) is 13.0 Å². The van der Waals surface area contributed by atoms with Crippen molar-refractivity contribution in [1.82, 2.24) is 5.32 Å². The Morgan fingerprint density at radius 3 is 2.21 bits per heavy atom. The van der Waals surface area contributed by atoms with E-state index in [1.54, 1.807) is 11.6 Å². The molecule has 6 atom stereocenters. The van der Waals surface area contributed by atoms with Gasteiger partial charge in [0.05, 0.1) is 12.2 Å². The number of allylic oxidation sites excluding steroid dienone is 4. The second kappa shape index (κ2) is 16.2. The van der Waals surface area contributed by atoms with Crippen molar-refractivity contribution in [2.45, 2.75) is 187 Å². The second-order valence-electron chi connectivity index (χ2n) is 20.1. The summed E-state index contributed by atoms with van der Waals surface area (Å²) < 4.78 is 19.8. The number of fused-ring (bicyclic) bond motifs is 1. The Bertz CT molecular complexity index is 1410. The summed E-state index contributed by atoms with van der Waals surface area (Å²) in [6.07, 6.45) is 19.1. The number of alkyl carbamates (subject to hydrolysis) is 1. The Labute approximate surface area is 320 Å². The molecular formula is C44H75NO5Si2. The Kier molecular flexibility index (Phi) is 13.4. The first-order valence-electron chi connectivity index (χ1n) is 20.6. The van der Waals surface area contributed by atoms with Crippen LogP contribution in [-0.4, -0.2) is 52.9 Å². The molecule has 0 aromatic carbocycles. The molecule has 4 fully saturated rings. The van der Waals surface area contributed by atoms with Crippen LogP contribution >= 0.6 is 0 Å². The van der Waals surface area contributed by atoms with E-state index in [-0.39, 0.29) is 39.4 Å². The van der Waals surface area contributed by atoms with Crippen LogP contribution in [0.1, 0.15) is 133 Å². The number of hydrogen-bond donors (Lipinski definition) is 1. The maximum atomic E-state index is 13.3. The fourth-order valence-corrected chi connectivity index (χ4v) is 11.2. The first-order valence-corrected chi connectivity index (χ1v) is 26.4. The van der Waals surface area contributed by atoms with Gasteiger partial charge in [-0.15, -0.1) is 0 Å². The average molecular weight is 754 g/mol. The zero-order valence-electron chi connectivity index (χ0n) is 35.4. The number of unbranched alkanes of at least 4 members (excludes halogenated alkanes) is 1. The lowest BCUT2D eigenvalue weighted by Gasteiger charge is -2.45. The van der Waals surface area contributed by atoms with Crippen molar-refractivity contribution in [1.29, 1.82) is 0 Å². The van der Waals surface area contributed by atoms with E-state index in [1.807, 2.05) is 0 Å². The van der Waals surface area contributed by atoms with E-state index in [4.69, 9.17) is 13.6 Å². The molecule has 0 bridgehead atoms. The molecule has 294 valence electrons. The zero-order valence-corrected chi connectivity index (χ0v) is 37.4. The van der Waals surface area contributed by atoms with Crippen molar-refractivity contribution < 1.29 is 23.2 Å². The van der Waals surface area contributed by atoms with Crippen molar-refractivity contribution >= 4 is 28.5 Å². The Hall–Kier alpha value is -1.75. The van der Waals surface area contributed by atoms with Crippen molar-refractivity contribution in [3.8, 4) is 0 Å². The van der Waals surface area contributed by atoms with Gasteiger partial charge in [0.1, 0.15) is 0 Å². The fourth-order valence-electron chi connectivity index (χ4n) is 8.53. The maximum absolute atomic E-state index is 13.3. The molecule has 0 aromatic rings. The van der Waals surface area contributed by atoms with Gasteiger partial charge in [0.2, 0.25) is 0 Å². The quantitative estimate of drug-likeness (QED) is 0.115. The van der Waals surface area contributed by atoms with Crippen LogP contribution in [0.3, 0.4) is 0 Å². The molecule has 4 saturated carbocycles. The maximum Gasteiger partial charge on any atom is 0.408 e. The SMILES string of the molecule is C=C1/C(=C\C=C2/CCC[C@]3(C)[C@@H]([C@H](C)/C=C/C(=O)C4(OC(=O)NCCCC)CC4)CC[C@@H]23)C[C@@H](O[Si](C)(C)C(C)(C)C)C[C@@H]1O[Si](C)(C)C(C)(C)C. The Balaban J connectivity index is 1.51. The molecule has 0 unspecified atom stereocenters. The predicted octanol–water partition coefficient (Wildman–Crippen LogP) is 12.0. The lowest BCUT2D eigenvalue weighted by atomic mass is 9.61. The normalized spacial score (nSPS) is 30.4. The van der Waals surface area contributed by atoms with Crippen LogP contribution in [0, 0.1) is 23.2 Å². The molecule has 6 nitrogen and oxygen atoms in total. The van der Waals surface area contributed by atoms with Gasteiger partial charge < -0.3 is 18.9 Å². The third-order valence-corrected chi connectivity index (χ3v) is 23.2. The highest BCUT2D eigenvalue weighted by atomic mass is 28.4. The molecule has 0 saturated heterocycles. The fraction of sp³-hybridized carbons (Fsp3) is 0.773. The summed E-state index contributed by atoms with van der Waals surface area (Å²) in [5.41, 5.74) is 3.22. The minimum Gasteiger partial charge on any atom is -0.435 e. The Morgan fingerprint density at radius 2 is 1.62 bits per heavy atom. The third kappa shape index (κ3) is 9.73. The van der Waals surface area contributed by atoms with Crippen LogP contribution in [0.2, 0.25) is 36.3 Å². The van der Waals surface area contributed by atoms with Crippen LogP contribution in [0.15, 0.2) is 47.6 Å². The summed E-state index contributed by atoms with van der Waals surface area (Å²) >= 11 is 0. The molecule has 0 heterocycles. The van der Waals surface area contributed by atoms with Crippen LogP contribution < -0.4 is 5.32 Å². The van der Waals surface area contributed by atoms with Gasteiger partial charge in [-0.2, -0.15) is 0 Å². The summed E-state index contributed by atoms with van der Waals surface area (Å²) in [4.78, 5) is 25.6. The van der Waals surface area contributed by atoms with E-state index < -0.39 is 28.3 Å². The van der Waals surface area contributed by atoms with Crippen LogP contribution in [0.4, 0.5) is 4.79 Å². The number of ketones is 1. The van der Waals surface area contributed by atoms with Crippen molar-refractivity contribution in [2.24, 2.45) is 23.2 Å². The highest BCUT2D eigenvalue weighted by Gasteiger charge is 2.54. The largest absolute Gasteiger partial charge is 0.435 e. The van der Waals surface area contributed by atoms with Gasteiger partial charge in [-0.25, -0.2) is 4.79 Å². The molecule has 52 heavy (non-hydrogen) atoms. The molecule has 4 rings (SSSR count). The number of rotatable bonds is 13. The molecule has 0 spiro atoms. The molecule has 4 aliphatic rings. The first-order chi connectivity index (χ1) is 24.0. The van der Waals surface area contributed by atoms with Gasteiger partial charge in [0.15, 0.2) is 28.0 Å². The highest BCUT2D eigenvalue weighted by molar-refractivity contribution is 6.74. The standard InChI is InChI=1S/C44H75NO5Si2/c1-15-16-28-45-40(47)48-44(26-27-44)39(46)24-19-31(2)36-22-23-37-33(18-17-25-43(36,37)10)20-21-34-29-35(49-51(11,12)41(4,5)6)30-38(32(34)3)50-52(13,14)42(7,8)9/h19-21,24,31,35-38H,3,15-18,22-23,25-30H2,1-2,4-14H3,(H,45,47)/b24-19+,33-20+,34-21-/t31-,35-,36-,37+,38+,43-/m1/s1. The van der Waals surface area contributed by atoms with Gasteiger partial charge in [0.25, 0.3) is 0 Å². The molecule has 0 aliphatic heterocycles. The summed E-state index contributed by atoms with van der Waals surface area (Å²) in [5.74, 6) is 1.24. The minimum absolute atomic E-state index is 0.0208. The number of nitrogens with one attached hydrogen (secondary N) is 1. The van der Waals surface area contributed by atoms with Gasteiger partial charge in [-0.1, -0.05) is 99.1 Å². The van der Waals surface area contributed by atoms with Gasteiger partial charge in [-0.05, 0) is 134 Å².